The smallest absolute Gasteiger partial charge is 0.138 e. The van der Waals surface area contributed by atoms with Gasteiger partial charge in [-0.3, -0.25) is 0 Å². The Morgan fingerprint density at radius 3 is 2.81 bits per heavy atom. The molecule has 0 fully saturated rings. The van der Waals surface area contributed by atoms with E-state index < -0.39 is 0 Å². The Kier molecular flexibility index (Phi) is 5.81. The molecule has 21 heavy (non-hydrogen) atoms. The third-order valence-corrected chi connectivity index (χ3v) is 4.28. The molecule has 6 nitrogen and oxygen atoms in total. The van der Waals surface area contributed by atoms with Gasteiger partial charge >= 0.3 is 0 Å². The Bertz CT molecular complexity index is 547. The van der Waals surface area contributed by atoms with Crippen LogP contribution in [0.25, 0.3) is 0 Å². The Morgan fingerprint density at radius 1 is 1.33 bits per heavy atom. The minimum Gasteiger partial charge on any atom is -0.309 e. The van der Waals surface area contributed by atoms with Crippen LogP contribution in [0, 0.1) is 0 Å². The van der Waals surface area contributed by atoms with Crippen LogP contribution >= 0.6 is 11.5 Å². The van der Waals surface area contributed by atoms with Crippen LogP contribution in [0.15, 0.2) is 6.33 Å². The van der Waals surface area contributed by atoms with E-state index in [9.17, 15) is 0 Å². The summed E-state index contributed by atoms with van der Waals surface area (Å²) in [6, 6.07) is 0.529. The second-order valence-corrected chi connectivity index (χ2v) is 6.15. The maximum atomic E-state index is 4.43. The molecule has 1 unspecified atom stereocenters. The maximum Gasteiger partial charge on any atom is 0.138 e. The molecule has 0 saturated heterocycles. The lowest BCUT2D eigenvalue weighted by Gasteiger charge is -2.18. The predicted molar refractivity (Wildman–Crippen MR) is 84.4 cm³/mol. The van der Waals surface area contributed by atoms with Gasteiger partial charge in [0.05, 0.1) is 16.6 Å². The van der Waals surface area contributed by atoms with Crippen molar-refractivity contribution in [3.63, 3.8) is 0 Å². The van der Waals surface area contributed by atoms with Crippen molar-refractivity contribution in [2.45, 2.75) is 59.0 Å². The standard InChI is InChI=1S/C14H24N6S/c1-5-7-15-12(14-11(6-2)18-19-21-14)8-13-16-9-17-20(13)10(3)4/h9-10,12,15H,5-8H2,1-4H3. The Balaban J connectivity index is 2.22. The van der Waals surface area contributed by atoms with Crippen molar-refractivity contribution in [2.75, 3.05) is 6.54 Å². The minimum absolute atomic E-state index is 0.210. The topological polar surface area (TPSA) is 68.5 Å². The largest absolute Gasteiger partial charge is 0.309 e. The third kappa shape index (κ3) is 3.85. The molecule has 2 heterocycles. The fourth-order valence-electron chi connectivity index (χ4n) is 2.34. The van der Waals surface area contributed by atoms with Crippen molar-refractivity contribution in [1.29, 1.82) is 0 Å². The van der Waals surface area contributed by atoms with Crippen molar-refractivity contribution in [2.24, 2.45) is 0 Å². The molecule has 0 amide bonds. The molecule has 2 aromatic heterocycles. The summed E-state index contributed by atoms with van der Waals surface area (Å²) >= 11 is 1.49. The summed E-state index contributed by atoms with van der Waals surface area (Å²) in [5, 5.41) is 12.2. The first-order valence-electron chi connectivity index (χ1n) is 7.60. The van der Waals surface area contributed by atoms with Crippen molar-refractivity contribution in [3.05, 3.63) is 22.7 Å². The zero-order valence-corrected chi connectivity index (χ0v) is 14.0. The molecule has 0 aliphatic rings. The van der Waals surface area contributed by atoms with Gasteiger partial charge in [-0.25, -0.2) is 9.67 Å². The lowest BCUT2D eigenvalue weighted by atomic mass is 10.1. The number of nitrogens with zero attached hydrogens (tertiary/aromatic N) is 5. The molecule has 0 radical (unpaired) electrons. The summed E-state index contributed by atoms with van der Waals surface area (Å²) in [5.41, 5.74) is 1.09. The van der Waals surface area contributed by atoms with Crippen molar-refractivity contribution in [1.82, 2.24) is 29.7 Å². The summed E-state index contributed by atoms with van der Waals surface area (Å²) in [6.45, 7) is 9.51. The molecule has 1 N–H and O–H groups in total. The van der Waals surface area contributed by atoms with E-state index in [1.807, 2.05) is 4.68 Å². The fraction of sp³-hybridized carbons (Fsp3) is 0.714. The molecule has 0 aliphatic heterocycles. The van der Waals surface area contributed by atoms with Gasteiger partial charge in [-0.2, -0.15) is 5.10 Å². The molecule has 0 aromatic carbocycles. The zero-order valence-electron chi connectivity index (χ0n) is 13.2. The quantitative estimate of drug-likeness (QED) is 0.811. The van der Waals surface area contributed by atoms with Crippen LogP contribution in [0.3, 0.4) is 0 Å². The molecule has 2 rings (SSSR count). The minimum atomic E-state index is 0.210. The van der Waals surface area contributed by atoms with Gasteiger partial charge in [0.2, 0.25) is 0 Å². The first-order chi connectivity index (χ1) is 10.2. The number of rotatable bonds is 8. The average molecular weight is 308 g/mol. The molecular formula is C14H24N6S. The van der Waals surface area contributed by atoms with E-state index in [0.717, 1.165) is 37.3 Å². The summed E-state index contributed by atoms with van der Waals surface area (Å²) < 4.78 is 6.10. The first kappa shape index (κ1) is 16.0. The summed E-state index contributed by atoms with van der Waals surface area (Å²) in [6.07, 6.45) is 4.46. The summed E-state index contributed by atoms with van der Waals surface area (Å²) in [4.78, 5) is 5.65. The number of nitrogens with one attached hydrogen (secondary N) is 1. The van der Waals surface area contributed by atoms with Gasteiger partial charge in [-0.05, 0) is 44.8 Å². The van der Waals surface area contributed by atoms with E-state index in [0.29, 0.717) is 6.04 Å². The average Bonchev–Trinajstić information content (AvgIpc) is 3.11. The lowest BCUT2D eigenvalue weighted by Crippen LogP contribution is -2.26. The van der Waals surface area contributed by atoms with E-state index in [2.05, 4.69) is 52.7 Å². The van der Waals surface area contributed by atoms with Crippen molar-refractivity contribution < 1.29 is 0 Å². The monoisotopic (exact) mass is 308 g/mol. The molecule has 0 spiro atoms. The highest BCUT2D eigenvalue weighted by Crippen LogP contribution is 2.24. The summed E-state index contributed by atoms with van der Waals surface area (Å²) in [7, 11) is 0. The highest BCUT2D eigenvalue weighted by molar-refractivity contribution is 7.05. The third-order valence-electron chi connectivity index (χ3n) is 3.40. The molecule has 7 heteroatoms. The summed E-state index contributed by atoms with van der Waals surface area (Å²) in [5.74, 6) is 1.01. The van der Waals surface area contributed by atoms with Gasteiger partial charge < -0.3 is 5.32 Å². The Labute approximate surface area is 130 Å². The zero-order chi connectivity index (χ0) is 15.2. The van der Waals surface area contributed by atoms with Crippen LogP contribution in [-0.4, -0.2) is 30.9 Å². The second-order valence-electron chi connectivity index (χ2n) is 5.36. The molecule has 0 aliphatic carbocycles. The molecule has 2 aromatic rings. The highest BCUT2D eigenvalue weighted by atomic mass is 32.1. The van der Waals surface area contributed by atoms with Gasteiger partial charge in [0.15, 0.2) is 0 Å². The predicted octanol–water partition coefficient (Wildman–Crippen LogP) is 2.56. The van der Waals surface area contributed by atoms with Crippen LogP contribution in [0.2, 0.25) is 0 Å². The van der Waals surface area contributed by atoms with Crippen molar-refractivity contribution >= 4 is 11.5 Å². The van der Waals surface area contributed by atoms with E-state index in [4.69, 9.17) is 0 Å². The molecule has 0 saturated carbocycles. The van der Waals surface area contributed by atoms with Gasteiger partial charge in [-0.1, -0.05) is 18.3 Å². The van der Waals surface area contributed by atoms with Crippen LogP contribution in [0.1, 0.15) is 62.6 Å². The number of hydrogen-bond acceptors (Lipinski definition) is 6. The number of aromatic nitrogens is 5. The number of aryl methyl sites for hydroxylation is 1. The lowest BCUT2D eigenvalue weighted by molar-refractivity contribution is 0.464. The Morgan fingerprint density at radius 2 is 2.14 bits per heavy atom. The van der Waals surface area contributed by atoms with Gasteiger partial charge in [0.25, 0.3) is 0 Å². The van der Waals surface area contributed by atoms with E-state index in [-0.39, 0.29) is 6.04 Å². The SMILES string of the molecule is CCCNC(Cc1ncnn1C(C)C)c1snnc1CC. The highest BCUT2D eigenvalue weighted by Gasteiger charge is 2.21. The van der Waals surface area contributed by atoms with E-state index in [1.54, 1.807) is 6.33 Å². The van der Waals surface area contributed by atoms with E-state index >= 15 is 0 Å². The normalized spacial score (nSPS) is 13.0. The molecule has 116 valence electrons. The Hall–Kier alpha value is -1.34. The van der Waals surface area contributed by atoms with Crippen LogP contribution in [-0.2, 0) is 12.8 Å². The van der Waals surface area contributed by atoms with Crippen LogP contribution in [0.4, 0.5) is 0 Å². The van der Waals surface area contributed by atoms with Crippen molar-refractivity contribution in [3.8, 4) is 0 Å². The van der Waals surface area contributed by atoms with E-state index in [1.165, 1.54) is 16.4 Å². The second kappa shape index (κ2) is 7.61. The molecular weight excluding hydrogens is 284 g/mol. The first-order valence-corrected chi connectivity index (χ1v) is 8.37. The van der Waals surface area contributed by atoms with Gasteiger partial charge in [0, 0.05) is 12.5 Å². The van der Waals surface area contributed by atoms with Gasteiger partial charge in [-0.15, -0.1) is 5.10 Å². The van der Waals surface area contributed by atoms with Gasteiger partial charge in [0.1, 0.15) is 12.2 Å². The molecule has 1 atom stereocenters. The number of hydrogen-bond donors (Lipinski definition) is 1. The molecule has 0 bridgehead atoms. The van der Waals surface area contributed by atoms with Crippen LogP contribution < -0.4 is 5.32 Å². The maximum absolute atomic E-state index is 4.43. The van der Waals surface area contributed by atoms with Crippen LogP contribution in [0.5, 0.6) is 0 Å². The fourth-order valence-corrected chi connectivity index (χ4v) is 3.15.